The van der Waals surface area contributed by atoms with Crippen LogP contribution in [0, 0.1) is 0 Å². The van der Waals surface area contributed by atoms with Crippen LogP contribution in [-0.4, -0.2) is 66.4 Å². The molecule has 206 valence electrons. The van der Waals surface area contributed by atoms with Gasteiger partial charge in [-0.25, -0.2) is 13.4 Å². The monoisotopic (exact) mass is 580 g/mol. The molecule has 1 amide bonds. The predicted molar refractivity (Wildman–Crippen MR) is 140 cm³/mol. The van der Waals surface area contributed by atoms with Crippen molar-refractivity contribution in [3.8, 4) is 5.75 Å². The van der Waals surface area contributed by atoms with Crippen molar-refractivity contribution >= 4 is 49.2 Å². The normalized spacial score (nSPS) is 14.4. The molecule has 2 aromatic carbocycles. The molecule has 5 rings (SSSR count). The van der Waals surface area contributed by atoms with Crippen LogP contribution in [0.1, 0.15) is 6.99 Å². The number of anilines is 2. The molecule has 1 fully saturated rings. The van der Waals surface area contributed by atoms with Gasteiger partial charge in [-0.15, -0.1) is 0 Å². The molecule has 0 atom stereocenters. The minimum atomic E-state index is -4.56. The first-order valence-corrected chi connectivity index (χ1v) is 13.9. The zero-order chi connectivity index (χ0) is 27.6. The third-order valence-corrected chi connectivity index (χ3v) is 8.18. The minimum absolute atomic E-state index is 0. The molecule has 1 N–H and O–H groups in total. The van der Waals surface area contributed by atoms with E-state index in [1.54, 1.807) is 17.0 Å². The van der Waals surface area contributed by atoms with Crippen molar-refractivity contribution in [2.75, 3.05) is 42.4 Å². The smallest absolute Gasteiger partial charge is 0.418 e. The number of hydrogen-bond acceptors (Lipinski definition) is 9. The quantitative estimate of drug-likeness (QED) is 0.350. The number of benzene rings is 2. The Bertz CT molecular complexity index is 1580. The van der Waals surface area contributed by atoms with Gasteiger partial charge in [0.25, 0.3) is 15.9 Å². The third kappa shape index (κ3) is 5.88. The van der Waals surface area contributed by atoms with Crippen LogP contribution in [0.15, 0.2) is 66.0 Å². The molecule has 1 aliphatic heterocycles. The molecule has 2 aromatic heterocycles. The number of carbonyl (C=O) groups is 1. The second-order valence-corrected chi connectivity index (χ2v) is 11.0. The number of para-hydroxylation sites is 1. The topological polar surface area (TPSA) is 118 Å². The molecule has 0 aliphatic carbocycles. The zero-order valence-electron chi connectivity index (χ0n) is 20.1. The van der Waals surface area contributed by atoms with Crippen LogP contribution in [0.2, 0.25) is 0 Å². The Morgan fingerprint density at radius 2 is 1.79 bits per heavy atom. The van der Waals surface area contributed by atoms with Crippen molar-refractivity contribution in [2.24, 2.45) is 0 Å². The van der Waals surface area contributed by atoms with Crippen LogP contribution < -0.4 is 14.4 Å². The largest absolute Gasteiger partial charge is 0.483 e. The predicted octanol–water partition coefficient (Wildman–Crippen LogP) is 3.88. The van der Waals surface area contributed by atoms with Gasteiger partial charge in [0.05, 0.1) is 16.0 Å². The van der Waals surface area contributed by atoms with Crippen molar-refractivity contribution in [1.29, 1.82) is 0 Å². The van der Waals surface area contributed by atoms with Crippen LogP contribution >= 0.6 is 11.5 Å². The second kappa shape index (κ2) is 10.6. The van der Waals surface area contributed by atoms with E-state index in [4.69, 9.17) is 4.74 Å². The maximum atomic E-state index is 13.3. The number of nitrogens with zero attached hydrogens (tertiary/aromatic N) is 5. The van der Waals surface area contributed by atoms with E-state index in [0.717, 1.165) is 23.3 Å². The van der Waals surface area contributed by atoms with Crippen LogP contribution in [0.3, 0.4) is 0 Å². The van der Waals surface area contributed by atoms with Gasteiger partial charge in [0.15, 0.2) is 6.61 Å². The van der Waals surface area contributed by atoms with Crippen molar-refractivity contribution in [1.82, 2.24) is 19.2 Å². The van der Waals surface area contributed by atoms with Crippen LogP contribution in [0.5, 0.6) is 5.75 Å². The van der Waals surface area contributed by atoms with Gasteiger partial charge in [0.2, 0.25) is 5.13 Å². The summed E-state index contributed by atoms with van der Waals surface area (Å²) >= 11 is 0.932. The van der Waals surface area contributed by atoms with Gasteiger partial charge >= 0.3 is 6.18 Å². The second-order valence-electron chi connectivity index (χ2n) is 8.51. The summed E-state index contributed by atoms with van der Waals surface area (Å²) in [6.45, 7) is 1.48. The lowest BCUT2D eigenvalue weighted by atomic mass is 10.1. The Balaban J connectivity index is 0.00000370. The summed E-state index contributed by atoms with van der Waals surface area (Å²) < 4.78 is 76.7. The van der Waals surface area contributed by atoms with E-state index in [1.165, 1.54) is 42.9 Å². The minimum Gasteiger partial charge on any atom is -0.483 e. The van der Waals surface area contributed by atoms with E-state index in [-0.39, 0.29) is 40.6 Å². The molecule has 15 heteroatoms. The Labute approximate surface area is 226 Å². The van der Waals surface area contributed by atoms with Gasteiger partial charge in [-0.2, -0.15) is 17.5 Å². The summed E-state index contributed by atoms with van der Waals surface area (Å²) in [4.78, 5) is 24.2. The third-order valence-electron chi connectivity index (χ3n) is 6.12. The molecule has 0 spiro atoms. The van der Waals surface area contributed by atoms with E-state index in [2.05, 4.69) is 19.1 Å². The molecular weight excluding hydrogens is 557 g/mol. The molecule has 0 bridgehead atoms. The highest BCUT2D eigenvalue weighted by molar-refractivity contribution is 7.93. The van der Waals surface area contributed by atoms with E-state index in [1.807, 2.05) is 4.90 Å². The highest BCUT2D eigenvalue weighted by Crippen LogP contribution is 2.36. The molecular formula is C24H23F3N6O4S2. The van der Waals surface area contributed by atoms with E-state index in [9.17, 15) is 26.4 Å². The van der Waals surface area contributed by atoms with E-state index in [0.29, 0.717) is 26.2 Å². The number of fused-ring (bicyclic) bond motifs is 1. The summed E-state index contributed by atoms with van der Waals surface area (Å²) in [7, 11) is -3.79. The highest BCUT2D eigenvalue weighted by Gasteiger charge is 2.33. The number of ether oxygens (including phenoxy) is 1. The number of amides is 1. The fraction of sp³-hybridized carbons (Fsp3) is 0.250. The average Bonchev–Trinajstić information content (AvgIpc) is 3.43. The van der Waals surface area contributed by atoms with E-state index >= 15 is 0 Å². The Hall–Kier alpha value is -3.98. The molecule has 39 heavy (non-hydrogen) atoms. The summed E-state index contributed by atoms with van der Waals surface area (Å²) in [6.07, 6.45) is -2.08. The maximum absolute atomic E-state index is 13.3. The number of halogens is 3. The number of aromatic nitrogens is 3. The molecule has 10 nitrogen and oxygen atoms in total. The van der Waals surface area contributed by atoms with Crippen molar-refractivity contribution < 1.29 is 32.5 Å². The Kier molecular flexibility index (Phi) is 7.27. The molecule has 1 aliphatic rings. The van der Waals surface area contributed by atoms with Gasteiger partial charge in [0, 0.05) is 56.4 Å². The fourth-order valence-corrected chi connectivity index (χ4v) is 5.84. The maximum Gasteiger partial charge on any atom is 0.418 e. The first kappa shape index (κ1) is 26.6. The van der Waals surface area contributed by atoms with Crippen molar-refractivity contribution in [3.63, 3.8) is 0 Å². The fourth-order valence-electron chi connectivity index (χ4n) is 4.18. The number of hydrogen-bond donors (Lipinski definition) is 1. The summed E-state index contributed by atoms with van der Waals surface area (Å²) in [6, 6.07) is 11.5. The number of pyridine rings is 1. The molecule has 1 saturated heterocycles. The van der Waals surface area contributed by atoms with Gasteiger partial charge in [-0.3, -0.25) is 14.5 Å². The van der Waals surface area contributed by atoms with Gasteiger partial charge in [0.1, 0.15) is 12.1 Å². The number of piperazine rings is 1. The lowest BCUT2D eigenvalue weighted by Gasteiger charge is -2.36. The van der Waals surface area contributed by atoms with Crippen LogP contribution in [0.4, 0.5) is 24.0 Å². The molecule has 4 aromatic rings. The van der Waals surface area contributed by atoms with Crippen molar-refractivity contribution in [3.05, 3.63) is 66.6 Å². The lowest BCUT2D eigenvalue weighted by Crippen LogP contribution is -2.50. The molecule has 0 saturated carbocycles. The molecule has 3 heterocycles. The summed E-state index contributed by atoms with van der Waals surface area (Å²) in [5, 5.41) is 0.348. The van der Waals surface area contributed by atoms with E-state index < -0.39 is 21.8 Å². The van der Waals surface area contributed by atoms with Crippen LogP contribution in [-0.2, 0) is 21.0 Å². The number of carbonyl (C=O) groups excluding carboxylic acids is 1. The number of sulfonamides is 1. The summed E-state index contributed by atoms with van der Waals surface area (Å²) in [5.74, 6) is -0.149. The Morgan fingerprint density at radius 1 is 1.05 bits per heavy atom. The molecule has 0 radical (unpaired) electrons. The van der Waals surface area contributed by atoms with Crippen LogP contribution in [0.25, 0.3) is 10.9 Å². The number of rotatable bonds is 7. The van der Waals surface area contributed by atoms with Gasteiger partial charge < -0.3 is 14.5 Å². The first-order chi connectivity index (χ1) is 18.6. The average molecular weight is 581 g/mol. The number of nitrogens with one attached hydrogen (secondary N) is 1. The zero-order valence-corrected chi connectivity index (χ0v) is 21.8. The first-order valence-electron chi connectivity index (χ1n) is 11.6. The lowest BCUT2D eigenvalue weighted by molar-refractivity contribution is -0.136. The standard InChI is InChI=1S/C24H21F3N6O4S2.H2/c25-24(26,27)19-3-1-2-18-20(8-9-28-22(18)19)37-14-21(34)33-12-10-32(11-13-33)16-4-6-17(7-5-16)39(35,36)31-23-29-15-30-38-23;/h1-9,15H,10-14H2,(H,29,30,31);1H. The molecule has 0 unspecified atom stereocenters. The van der Waals surface area contributed by atoms with Gasteiger partial charge in [-0.1, -0.05) is 6.07 Å². The summed E-state index contributed by atoms with van der Waals surface area (Å²) in [5.41, 5.74) is -0.304. The van der Waals surface area contributed by atoms with Gasteiger partial charge in [-0.05, 0) is 42.5 Å². The Morgan fingerprint density at radius 3 is 2.46 bits per heavy atom. The highest BCUT2D eigenvalue weighted by atomic mass is 32.2. The van der Waals surface area contributed by atoms with Crippen molar-refractivity contribution in [2.45, 2.75) is 11.1 Å². The SMILES string of the molecule is O=C(COc1ccnc2c(C(F)(F)F)cccc12)N1CCN(c2ccc(S(=O)(=O)Nc3ncns3)cc2)CC1.[HH]. The number of alkyl halides is 3.